The number of amides is 2. The number of urea groups is 1. The second kappa shape index (κ2) is 14.2. The van der Waals surface area contributed by atoms with Gasteiger partial charge in [-0.1, -0.05) is 32.6 Å². The van der Waals surface area contributed by atoms with E-state index in [2.05, 4.69) is 41.9 Å². The Hall–Kier alpha value is -3.03. The molecule has 1 aromatic carbocycles. The van der Waals surface area contributed by atoms with Gasteiger partial charge < -0.3 is 25.6 Å². The van der Waals surface area contributed by atoms with E-state index >= 15 is 0 Å². The number of anilines is 3. The topological polar surface area (TPSA) is 91.4 Å². The fraction of sp³-hybridized carbons (Fsp3) is 0.633. The number of hydrogen-bond acceptors (Lipinski definition) is 6. The van der Waals surface area contributed by atoms with Gasteiger partial charge in [0.25, 0.3) is 0 Å². The maximum atomic E-state index is 12.6. The summed E-state index contributed by atoms with van der Waals surface area (Å²) >= 11 is 0. The smallest absolute Gasteiger partial charge is 0.319 e. The molecule has 1 heterocycles. The van der Waals surface area contributed by atoms with E-state index in [1.807, 2.05) is 24.3 Å². The lowest BCUT2D eigenvalue weighted by Gasteiger charge is -2.30. The Morgan fingerprint density at radius 3 is 2.39 bits per heavy atom. The van der Waals surface area contributed by atoms with Crippen LogP contribution in [0.1, 0.15) is 88.8 Å². The molecule has 8 nitrogen and oxygen atoms in total. The van der Waals surface area contributed by atoms with E-state index in [1.165, 1.54) is 49.8 Å². The molecule has 4 rings (SSSR count). The Morgan fingerprint density at radius 1 is 0.947 bits per heavy atom. The largest absolute Gasteiger partial charge is 0.494 e. The van der Waals surface area contributed by atoms with Crippen LogP contribution in [0.5, 0.6) is 5.75 Å². The second-order valence-electron chi connectivity index (χ2n) is 11.0. The van der Waals surface area contributed by atoms with Crippen LogP contribution in [0.25, 0.3) is 0 Å². The molecule has 2 aromatic rings. The average molecular weight is 523 g/mol. The van der Waals surface area contributed by atoms with Gasteiger partial charge in [-0.15, -0.1) is 0 Å². The van der Waals surface area contributed by atoms with Gasteiger partial charge in [0.1, 0.15) is 11.6 Å². The first kappa shape index (κ1) is 28.0. The molecule has 3 N–H and O–H groups in total. The van der Waals surface area contributed by atoms with Gasteiger partial charge in [0.05, 0.1) is 12.3 Å². The molecule has 0 spiro atoms. The van der Waals surface area contributed by atoms with E-state index in [4.69, 9.17) is 14.7 Å². The zero-order valence-corrected chi connectivity index (χ0v) is 23.5. The number of carbonyl (C=O) groups excluding carboxylic acids is 1. The third-order valence-corrected chi connectivity index (χ3v) is 7.61. The van der Waals surface area contributed by atoms with Crippen molar-refractivity contribution in [3.63, 3.8) is 0 Å². The molecular weight excluding hydrogens is 476 g/mol. The molecule has 8 heteroatoms. The zero-order chi connectivity index (χ0) is 26.7. The monoisotopic (exact) mass is 522 g/mol. The first-order chi connectivity index (χ1) is 18.5. The molecule has 0 radical (unpaired) electrons. The quantitative estimate of drug-likeness (QED) is 0.283. The van der Waals surface area contributed by atoms with Gasteiger partial charge >= 0.3 is 6.03 Å². The Bertz CT molecular complexity index is 1020. The highest BCUT2D eigenvalue weighted by molar-refractivity contribution is 5.89. The standard InChI is InChI=1S/C30H46N6O2/c1-4-5-6-7-10-21-38-25-19-17-24(18-20-25)33-30(37)32-23-15-13-22(14-16-23)31-29-34-27-12-9-8-11-26(27)28(35-29)36(2)3/h17-20,22-23H,4-16,21H2,1-3H3,(H,31,34,35)(H2,32,33,37). The lowest BCUT2D eigenvalue weighted by atomic mass is 9.91. The Morgan fingerprint density at radius 2 is 1.66 bits per heavy atom. The third kappa shape index (κ3) is 8.23. The van der Waals surface area contributed by atoms with Gasteiger partial charge in [-0.25, -0.2) is 9.78 Å². The van der Waals surface area contributed by atoms with Crippen LogP contribution in [-0.4, -0.2) is 48.8 Å². The Labute approximate surface area is 228 Å². The molecule has 2 amide bonds. The Balaban J connectivity index is 1.18. The fourth-order valence-corrected chi connectivity index (χ4v) is 5.46. The van der Waals surface area contributed by atoms with Crippen LogP contribution in [0.2, 0.25) is 0 Å². The number of nitrogens with zero attached hydrogens (tertiary/aromatic N) is 3. The molecule has 0 aliphatic heterocycles. The van der Waals surface area contributed by atoms with Crippen molar-refractivity contribution in [2.45, 2.75) is 102 Å². The summed E-state index contributed by atoms with van der Waals surface area (Å²) in [4.78, 5) is 24.4. The highest BCUT2D eigenvalue weighted by Gasteiger charge is 2.25. The fourth-order valence-electron chi connectivity index (χ4n) is 5.46. The SMILES string of the molecule is CCCCCCCOc1ccc(NC(=O)NC2CCC(Nc3nc4c(c(N(C)C)n3)CCCC4)CC2)cc1. The van der Waals surface area contributed by atoms with Gasteiger partial charge in [-0.05, 0) is 82.1 Å². The number of benzene rings is 1. The number of fused-ring (bicyclic) bond motifs is 1. The average Bonchev–Trinajstić information content (AvgIpc) is 2.92. The van der Waals surface area contributed by atoms with Gasteiger partial charge in [-0.3, -0.25) is 0 Å². The van der Waals surface area contributed by atoms with Crippen LogP contribution >= 0.6 is 0 Å². The predicted octanol–water partition coefficient (Wildman–Crippen LogP) is 6.32. The molecule has 2 aliphatic rings. The molecule has 2 aliphatic carbocycles. The predicted molar refractivity (Wildman–Crippen MR) is 156 cm³/mol. The van der Waals surface area contributed by atoms with Crippen molar-refractivity contribution in [1.82, 2.24) is 15.3 Å². The minimum Gasteiger partial charge on any atom is -0.494 e. The van der Waals surface area contributed by atoms with E-state index in [-0.39, 0.29) is 12.1 Å². The van der Waals surface area contributed by atoms with Crippen molar-refractivity contribution >= 4 is 23.5 Å². The van der Waals surface area contributed by atoms with E-state index in [0.29, 0.717) is 6.04 Å². The summed E-state index contributed by atoms with van der Waals surface area (Å²) in [5.74, 6) is 2.64. The highest BCUT2D eigenvalue weighted by Crippen LogP contribution is 2.29. The van der Waals surface area contributed by atoms with Crippen molar-refractivity contribution in [2.24, 2.45) is 0 Å². The molecule has 1 saturated carbocycles. The molecule has 38 heavy (non-hydrogen) atoms. The summed E-state index contributed by atoms with van der Waals surface area (Å²) < 4.78 is 5.82. The van der Waals surface area contributed by atoms with E-state index in [9.17, 15) is 4.79 Å². The summed E-state index contributed by atoms with van der Waals surface area (Å²) in [5, 5.41) is 9.68. The van der Waals surface area contributed by atoms with Crippen molar-refractivity contribution in [1.29, 1.82) is 0 Å². The van der Waals surface area contributed by atoms with Crippen LogP contribution in [-0.2, 0) is 12.8 Å². The van der Waals surface area contributed by atoms with E-state index < -0.39 is 0 Å². The molecule has 1 fully saturated rings. The van der Waals surface area contributed by atoms with Gasteiger partial charge in [0.15, 0.2) is 0 Å². The van der Waals surface area contributed by atoms with E-state index in [1.54, 1.807) is 0 Å². The van der Waals surface area contributed by atoms with Gasteiger partial charge in [0.2, 0.25) is 5.95 Å². The minimum absolute atomic E-state index is 0.153. The molecule has 0 bridgehead atoms. The van der Waals surface area contributed by atoms with Crippen molar-refractivity contribution in [3.8, 4) is 5.75 Å². The van der Waals surface area contributed by atoms with Gasteiger partial charge in [0, 0.05) is 37.4 Å². The molecule has 0 unspecified atom stereocenters. The molecule has 1 aromatic heterocycles. The van der Waals surface area contributed by atoms with Crippen LogP contribution in [0.3, 0.4) is 0 Å². The summed E-state index contributed by atoms with van der Waals surface area (Å²) in [7, 11) is 4.11. The van der Waals surface area contributed by atoms with Crippen molar-refractivity contribution in [3.05, 3.63) is 35.5 Å². The lowest BCUT2D eigenvalue weighted by Crippen LogP contribution is -2.42. The number of aromatic nitrogens is 2. The summed E-state index contributed by atoms with van der Waals surface area (Å²) in [5.41, 5.74) is 3.28. The van der Waals surface area contributed by atoms with Crippen molar-refractivity contribution in [2.75, 3.05) is 36.2 Å². The van der Waals surface area contributed by atoms with Crippen LogP contribution < -0.4 is 25.6 Å². The van der Waals surface area contributed by atoms with Crippen LogP contribution in [0.15, 0.2) is 24.3 Å². The summed E-state index contributed by atoms with van der Waals surface area (Å²) in [6.45, 7) is 2.96. The highest BCUT2D eigenvalue weighted by atomic mass is 16.5. The van der Waals surface area contributed by atoms with Crippen LogP contribution in [0, 0.1) is 0 Å². The van der Waals surface area contributed by atoms with Gasteiger partial charge in [-0.2, -0.15) is 4.98 Å². The minimum atomic E-state index is -0.153. The first-order valence-corrected chi connectivity index (χ1v) is 14.7. The first-order valence-electron chi connectivity index (χ1n) is 14.7. The second-order valence-corrected chi connectivity index (χ2v) is 11.0. The lowest BCUT2D eigenvalue weighted by molar-refractivity contribution is 0.243. The summed E-state index contributed by atoms with van der Waals surface area (Å²) in [6.07, 6.45) is 14.5. The number of carbonyl (C=O) groups is 1. The number of nitrogens with one attached hydrogen (secondary N) is 3. The molecule has 0 saturated heterocycles. The third-order valence-electron chi connectivity index (χ3n) is 7.61. The zero-order valence-electron chi connectivity index (χ0n) is 23.5. The number of aryl methyl sites for hydroxylation is 1. The summed E-state index contributed by atoms with van der Waals surface area (Å²) in [6, 6.07) is 7.98. The molecular formula is C30H46N6O2. The molecule has 0 atom stereocenters. The van der Waals surface area contributed by atoms with E-state index in [0.717, 1.165) is 74.8 Å². The Kier molecular flexibility index (Phi) is 10.5. The normalized spacial score (nSPS) is 18.8. The number of unbranched alkanes of at least 4 members (excludes halogenated alkanes) is 4. The maximum absolute atomic E-state index is 12.6. The maximum Gasteiger partial charge on any atom is 0.319 e. The number of hydrogen-bond donors (Lipinski definition) is 3. The number of ether oxygens (including phenoxy) is 1. The van der Waals surface area contributed by atoms with Crippen molar-refractivity contribution < 1.29 is 9.53 Å². The molecule has 208 valence electrons. The van der Waals surface area contributed by atoms with Crippen LogP contribution in [0.4, 0.5) is 22.2 Å². The number of rotatable bonds is 12.